The van der Waals surface area contributed by atoms with Gasteiger partial charge < -0.3 is 10.2 Å². The van der Waals surface area contributed by atoms with Crippen LogP contribution in [0.25, 0.3) is 0 Å². The molecule has 1 atom stereocenters. The topological polar surface area (TPSA) is 28.2 Å². The minimum absolute atomic E-state index is 0.0158. The Labute approximate surface area is 115 Å². The number of anilines is 1. The minimum Gasteiger partial charge on any atom is -0.356 e. The molecule has 2 rings (SSSR count). The van der Waals surface area contributed by atoms with E-state index >= 15 is 0 Å². The number of hydrogen-bond donors (Lipinski definition) is 1. The van der Waals surface area contributed by atoms with Crippen molar-refractivity contribution in [3.8, 4) is 0 Å². The first kappa shape index (κ1) is 14.3. The van der Waals surface area contributed by atoms with Gasteiger partial charge in [0, 0.05) is 30.7 Å². The molecule has 4 heteroatoms. The number of hydrogen-bond acceptors (Lipinski definition) is 3. The van der Waals surface area contributed by atoms with E-state index in [1.807, 2.05) is 0 Å². The van der Waals surface area contributed by atoms with E-state index in [0.717, 1.165) is 24.5 Å². The van der Waals surface area contributed by atoms with Crippen molar-refractivity contribution < 1.29 is 4.39 Å². The van der Waals surface area contributed by atoms with Crippen LogP contribution in [-0.4, -0.2) is 23.6 Å². The molecule has 0 aliphatic carbocycles. The first-order chi connectivity index (χ1) is 8.85. The van der Waals surface area contributed by atoms with Gasteiger partial charge >= 0.3 is 0 Å². The first-order valence-electron chi connectivity index (χ1n) is 6.99. The van der Waals surface area contributed by atoms with Crippen LogP contribution in [0.4, 0.5) is 10.2 Å². The Hall–Kier alpha value is -1.16. The molecule has 19 heavy (non-hydrogen) atoms. The van der Waals surface area contributed by atoms with Crippen LogP contribution in [-0.2, 0) is 6.54 Å². The first-order valence-corrected chi connectivity index (χ1v) is 6.99. The predicted octanol–water partition coefficient (Wildman–Crippen LogP) is 2.96. The van der Waals surface area contributed by atoms with Crippen molar-refractivity contribution in [1.82, 2.24) is 10.3 Å². The quantitative estimate of drug-likeness (QED) is 0.910. The number of halogens is 1. The minimum atomic E-state index is -0.262. The molecule has 1 aliphatic rings. The standard InChI is InChI=1S/C15H24FN3/c1-11-5-6-19(10-11)14-12(7-13(16)9-17-14)8-18-15(2,3)4/h7,9,11,18H,5-6,8,10H2,1-4H3. The molecule has 106 valence electrons. The molecule has 0 bridgehead atoms. The molecule has 1 fully saturated rings. The third-order valence-electron chi connectivity index (χ3n) is 3.44. The van der Waals surface area contributed by atoms with Gasteiger partial charge in [-0.1, -0.05) is 6.92 Å². The third kappa shape index (κ3) is 3.90. The zero-order chi connectivity index (χ0) is 14.0. The maximum atomic E-state index is 13.4. The average molecular weight is 265 g/mol. The second-order valence-corrected chi connectivity index (χ2v) is 6.58. The van der Waals surface area contributed by atoms with E-state index in [1.165, 1.54) is 12.6 Å². The molecular formula is C15H24FN3. The lowest BCUT2D eigenvalue weighted by molar-refractivity contribution is 0.423. The van der Waals surface area contributed by atoms with Crippen LogP contribution in [0.1, 0.15) is 39.7 Å². The van der Waals surface area contributed by atoms with E-state index in [-0.39, 0.29) is 11.4 Å². The molecule has 1 aromatic heterocycles. The smallest absolute Gasteiger partial charge is 0.141 e. The molecule has 0 amide bonds. The van der Waals surface area contributed by atoms with Crippen molar-refractivity contribution in [3.05, 3.63) is 23.6 Å². The van der Waals surface area contributed by atoms with Gasteiger partial charge in [0.25, 0.3) is 0 Å². The molecule has 0 spiro atoms. The lowest BCUT2D eigenvalue weighted by Crippen LogP contribution is -2.36. The molecule has 1 unspecified atom stereocenters. The number of nitrogens with one attached hydrogen (secondary N) is 1. The van der Waals surface area contributed by atoms with E-state index < -0.39 is 0 Å². The summed E-state index contributed by atoms with van der Waals surface area (Å²) in [7, 11) is 0. The van der Waals surface area contributed by atoms with E-state index in [1.54, 1.807) is 6.07 Å². The average Bonchev–Trinajstić information content (AvgIpc) is 2.72. The zero-order valence-corrected chi connectivity index (χ0v) is 12.3. The van der Waals surface area contributed by atoms with Crippen LogP contribution in [0.2, 0.25) is 0 Å². The second kappa shape index (κ2) is 5.45. The fourth-order valence-electron chi connectivity index (χ4n) is 2.38. The van der Waals surface area contributed by atoms with Gasteiger partial charge in [0.05, 0.1) is 6.20 Å². The summed E-state index contributed by atoms with van der Waals surface area (Å²) in [6.45, 7) is 11.3. The van der Waals surface area contributed by atoms with Crippen molar-refractivity contribution >= 4 is 5.82 Å². The summed E-state index contributed by atoms with van der Waals surface area (Å²) in [6.07, 6.45) is 2.50. The summed E-state index contributed by atoms with van der Waals surface area (Å²) in [6, 6.07) is 1.60. The number of pyridine rings is 1. The normalized spacial score (nSPS) is 20.1. The summed E-state index contributed by atoms with van der Waals surface area (Å²) in [4.78, 5) is 6.57. The molecule has 2 heterocycles. The number of aromatic nitrogens is 1. The maximum absolute atomic E-state index is 13.4. The summed E-state index contributed by atoms with van der Waals surface area (Å²) < 4.78 is 13.4. The van der Waals surface area contributed by atoms with Crippen LogP contribution >= 0.6 is 0 Å². The van der Waals surface area contributed by atoms with Gasteiger partial charge in [0.15, 0.2) is 0 Å². The molecule has 1 aliphatic heterocycles. The lowest BCUT2D eigenvalue weighted by Gasteiger charge is -2.24. The molecule has 0 aromatic carbocycles. The molecule has 3 nitrogen and oxygen atoms in total. The summed E-state index contributed by atoms with van der Waals surface area (Å²) in [5, 5.41) is 3.41. The third-order valence-corrected chi connectivity index (χ3v) is 3.44. The van der Waals surface area contributed by atoms with Crippen molar-refractivity contribution in [1.29, 1.82) is 0 Å². The maximum Gasteiger partial charge on any atom is 0.141 e. The SMILES string of the molecule is CC1CCN(c2ncc(F)cc2CNC(C)(C)C)C1. The van der Waals surface area contributed by atoms with E-state index in [4.69, 9.17) is 0 Å². The highest BCUT2D eigenvalue weighted by molar-refractivity contribution is 5.47. The van der Waals surface area contributed by atoms with Crippen molar-refractivity contribution in [2.45, 2.75) is 46.2 Å². The highest BCUT2D eigenvalue weighted by atomic mass is 19.1. The van der Waals surface area contributed by atoms with E-state index in [9.17, 15) is 4.39 Å². The van der Waals surface area contributed by atoms with Gasteiger partial charge in [-0.15, -0.1) is 0 Å². The molecule has 0 saturated carbocycles. The number of nitrogens with zero attached hydrogens (tertiary/aromatic N) is 2. The summed E-state index contributed by atoms with van der Waals surface area (Å²) in [5.74, 6) is 1.36. The van der Waals surface area contributed by atoms with Gasteiger partial charge in [-0.05, 0) is 39.2 Å². The Morgan fingerprint density at radius 2 is 2.21 bits per heavy atom. The molecule has 1 saturated heterocycles. The Morgan fingerprint density at radius 3 is 2.79 bits per heavy atom. The van der Waals surface area contributed by atoms with Crippen LogP contribution in [0.3, 0.4) is 0 Å². The fourth-order valence-corrected chi connectivity index (χ4v) is 2.38. The van der Waals surface area contributed by atoms with Gasteiger partial charge in [0.2, 0.25) is 0 Å². The zero-order valence-electron chi connectivity index (χ0n) is 12.3. The highest BCUT2D eigenvalue weighted by Crippen LogP contribution is 2.25. The van der Waals surface area contributed by atoms with E-state index in [0.29, 0.717) is 12.5 Å². The van der Waals surface area contributed by atoms with Crippen LogP contribution in [0, 0.1) is 11.7 Å². The Balaban J connectivity index is 2.18. The van der Waals surface area contributed by atoms with Crippen LogP contribution in [0.15, 0.2) is 12.3 Å². The monoisotopic (exact) mass is 265 g/mol. The molecule has 1 aromatic rings. The fraction of sp³-hybridized carbons (Fsp3) is 0.667. The van der Waals surface area contributed by atoms with Crippen LogP contribution < -0.4 is 10.2 Å². The second-order valence-electron chi connectivity index (χ2n) is 6.58. The van der Waals surface area contributed by atoms with Gasteiger partial charge in [-0.3, -0.25) is 0 Å². The Morgan fingerprint density at radius 1 is 1.47 bits per heavy atom. The highest BCUT2D eigenvalue weighted by Gasteiger charge is 2.22. The Bertz CT molecular complexity index is 440. The summed E-state index contributed by atoms with van der Waals surface area (Å²) >= 11 is 0. The molecular weight excluding hydrogens is 241 g/mol. The van der Waals surface area contributed by atoms with Crippen molar-refractivity contribution in [3.63, 3.8) is 0 Å². The molecule has 0 radical (unpaired) electrons. The van der Waals surface area contributed by atoms with Gasteiger partial charge in [-0.2, -0.15) is 0 Å². The number of rotatable bonds is 3. The van der Waals surface area contributed by atoms with E-state index in [2.05, 4.69) is 42.9 Å². The van der Waals surface area contributed by atoms with Gasteiger partial charge in [-0.25, -0.2) is 9.37 Å². The van der Waals surface area contributed by atoms with Crippen molar-refractivity contribution in [2.24, 2.45) is 5.92 Å². The van der Waals surface area contributed by atoms with Crippen molar-refractivity contribution in [2.75, 3.05) is 18.0 Å². The lowest BCUT2D eigenvalue weighted by atomic mass is 10.1. The van der Waals surface area contributed by atoms with Crippen LogP contribution in [0.5, 0.6) is 0 Å². The Kier molecular flexibility index (Phi) is 4.09. The van der Waals surface area contributed by atoms with Gasteiger partial charge in [0.1, 0.15) is 11.6 Å². The largest absolute Gasteiger partial charge is 0.356 e. The molecule has 1 N–H and O–H groups in total. The predicted molar refractivity (Wildman–Crippen MR) is 76.8 cm³/mol. The summed E-state index contributed by atoms with van der Waals surface area (Å²) in [5.41, 5.74) is 0.964.